The lowest BCUT2D eigenvalue weighted by Gasteiger charge is -2.15. The van der Waals surface area contributed by atoms with Crippen LogP contribution in [-0.2, 0) is 19.3 Å². The molecule has 3 aromatic heterocycles. The Kier molecular flexibility index (Phi) is 9.41. The Morgan fingerprint density at radius 2 is 1.79 bits per heavy atom. The average molecular weight is 680 g/mol. The number of hydrogen-bond acceptors (Lipinski definition) is 8. The Labute approximate surface area is 265 Å². The summed E-state index contributed by atoms with van der Waals surface area (Å²) in [5.41, 5.74) is 0.169. The molecule has 0 saturated heterocycles. The molecule has 0 atom stereocenters. The largest absolute Gasteiger partial charge is 0.455 e. The number of anilines is 1. The Morgan fingerprint density at radius 1 is 1.04 bits per heavy atom. The first-order chi connectivity index (χ1) is 22.3. The molecule has 5 rings (SSSR count). The number of amides is 2. The van der Waals surface area contributed by atoms with Crippen LogP contribution in [0.1, 0.15) is 43.5 Å². The monoisotopic (exact) mass is 679 g/mol. The zero-order chi connectivity index (χ0) is 33.9. The summed E-state index contributed by atoms with van der Waals surface area (Å²) in [4.78, 5) is 31.6. The van der Waals surface area contributed by atoms with Crippen molar-refractivity contribution >= 4 is 29.1 Å². The third kappa shape index (κ3) is 7.83. The standard InChI is InChI=1S/C28H20ClF6N9O3/c1-14-9-16(30)10-19(24(45)37-12-15-4-6-18(7-5-15)47-27(31)32)22(14)38-25(46)21-11-17(13-43-41-26(39-42-43)28(33,34)35)40-44(21)23-20(29)3-2-8-36-23/h2-11,27H,12-13H2,1H3,(H,37,45)(H,38,46). The number of carbonyl (C=O) groups excluding carboxylic acids is 2. The van der Waals surface area contributed by atoms with Crippen molar-refractivity contribution in [2.75, 3.05) is 5.32 Å². The van der Waals surface area contributed by atoms with Gasteiger partial charge in [-0.15, -0.1) is 10.2 Å². The number of carbonyl (C=O) groups is 2. The summed E-state index contributed by atoms with van der Waals surface area (Å²) in [5, 5.41) is 19.1. The number of nitrogens with one attached hydrogen (secondary N) is 2. The number of rotatable bonds is 10. The lowest BCUT2D eigenvalue weighted by molar-refractivity contribution is -0.145. The molecule has 0 bridgehead atoms. The first kappa shape index (κ1) is 32.9. The summed E-state index contributed by atoms with van der Waals surface area (Å²) >= 11 is 6.29. The van der Waals surface area contributed by atoms with Gasteiger partial charge < -0.3 is 15.4 Å². The number of nitrogens with zero attached hydrogens (tertiary/aromatic N) is 7. The summed E-state index contributed by atoms with van der Waals surface area (Å²) in [6, 6.07) is 11.6. The number of aryl methyl sites for hydroxylation is 1. The number of halogens is 7. The minimum atomic E-state index is -4.84. The van der Waals surface area contributed by atoms with Crippen LogP contribution in [0.4, 0.5) is 32.0 Å². The smallest absolute Gasteiger partial charge is 0.435 e. The molecule has 3 heterocycles. The maximum Gasteiger partial charge on any atom is 0.455 e. The molecular formula is C28H20ClF6N9O3. The van der Waals surface area contributed by atoms with Crippen LogP contribution < -0.4 is 15.4 Å². The van der Waals surface area contributed by atoms with Crippen molar-refractivity contribution < 1.29 is 40.7 Å². The molecule has 19 heteroatoms. The molecule has 0 unspecified atom stereocenters. The second kappa shape index (κ2) is 13.5. The van der Waals surface area contributed by atoms with Gasteiger partial charge in [-0.3, -0.25) is 9.59 Å². The highest BCUT2D eigenvalue weighted by Crippen LogP contribution is 2.27. The second-order valence-electron chi connectivity index (χ2n) is 9.69. The van der Waals surface area contributed by atoms with E-state index in [1.807, 2.05) is 0 Å². The Morgan fingerprint density at radius 3 is 2.45 bits per heavy atom. The zero-order valence-electron chi connectivity index (χ0n) is 23.8. The minimum absolute atomic E-state index is 0.00754. The first-order valence-electron chi connectivity index (χ1n) is 13.3. The highest BCUT2D eigenvalue weighted by atomic mass is 35.5. The van der Waals surface area contributed by atoms with Gasteiger partial charge in [-0.05, 0) is 65.7 Å². The van der Waals surface area contributed by atoms with Crippen molar-refractivity contribution in [1.82, 2.24) is 40.3 Å². The highest BCUT2D eigenvalue weighted by molar-refractivity contribution is 6.32. The van der Waals surface area contributed by atoms with Crippen LogP contribution in [0, 0.1) is 12.7 Å². The SMILES string of the molecule is Cc1cc(F)cc(C(=O)NCc2ccc(OC(F)F)cc2)c1NC(=O)c1cc(Cn2nnc(C(F)(F)F)n2)nn1-c1ncccc1Cl. The molecule has 5 aromatic rings. The zero-order valence-corrected chi connectivity index (χ0v) is 24.5. The van der Waals surface area contributed by atoms with Crippen molar-refractivity contribution in [3.63, 3.8) is 0 Å². The summed E-state index contributed by atoms with van der Waals surface area (Å²) in [5.74, 6) is -3.99. The fraction of sp³-hybridized carbons (Fsp3) is 0.179. The summed E-state index contributed by atoms with van der Waals surface area (Å²) in [7, 11) is 0. The van der Waals surface area contributed by atoms with Gasteiger partial charge in [0.05, 0.1) is 22.0 Å². The van der Waals surface area contributed by atoms with Crippen LogP contribution in [0.3, 0.4) is 0 Å². The van der Waals surface area contributed by atoms with Crippen LogP contribution in [-0.4, -0.2) is 53.4 Å². The number of benzene rings is 2. The molecule has 47 heavy (non-hydrogen) atoms. The predicted molar refractivity (Wildman–Crippen MR) is 152 cm³/mol. The van der Waals surface area contributed by atoms with Crippen molar-refractivity contribution in [3.05, 3.63) is 106 Å². The number of aromatic nitrogens is 7. The van der Waals surface area contributed by atoms with Gasteiger partial charge >= 0.3 is 12.8 Å². The third-order valence-electron chi connectivity index (χ3n) is 6.33. The van der Waals surface area contributed by atoms with Crippen molar-refractivity contribution in [1.29, 1.82) is 0 Å². The average Bonchev–Trinajstić information content (AvgIpc) is 3.66. The van der Waals surface area contributed by atoms with E-state index in [9.17, 15) is 35.9 Å². The number of alkyl halides is 5. The maximum atomic E-state index is 14.5. The van der Waals surface area contributed by atoms with Crippen LogP contribution in [0.25, 0.3) is 5.82 Å². The van der Waals surface area contributed by atoms with E-state index in [1.54, 1.807) is 0 Å². The van der Waals surface area contributed by atoms with Crippen LogP contribution in [0.2, 0.25) is 5.02 Å². The van der Waals surface area contributed by atoms with E-state index in [0.717, 1.165) is 16.8 Å². The van der Waals surface area contributed by atoms with Gasteiger partial charge in [0.25, 0.3) is 17.6 Å². The molecule has 0 fully saturated rings. The van der Waals surface area contributed by atoms with Crippen LogP contribution >= 0.6 is 11.6 Å². The molecule has 2 aromatic carbocycles. The predicted octanol–water partition coefficient (Wildman–Crippen LogP) is 5.21. The van der Waals surface area contributed by atoms with Gasteiger partial charge in [-0.25, -0.2) is 14.1 Å². The third-order valence-corrected chi connectivity index (χ3v) is 6.62. The molecule has 0 aliphatic heterocycles. The van der Waals surface area contributed by atoms with E-state index in [-0.39, 0.29) is 51.3 Å². The fourth-order valence-corrected chi connectivity index (χ4v) is 4.47. The Balaban J connectivity index is 1.42. The molecule has 0 aliphatic rings. The molecule has 0 saturated carbocycles. The van der Waals surface area contributed by atoms with Gasteiger partial charge in [0.15, 0.2) is 5.82 Å². The normalized spacial score (nSPS) is 11.5. The summed E-state index contributed by atoms with van der Waals surface area (Å²) in [6.07, 6.45) is -3.47. The molecule has 0 aliphatic carbocycles. The maximum absolute atomic E-state index is 14.5. The highest BCUT2D eigenvalue weighted by Gasteiger charge is 2.37. The summed E-state index contributed by atoms with van der Waals surface area (Å²) in [6.45, 7) is -2.07. The Bertz CT molecular complexity index is 1930. The van der Waals surface area contributed by atoms with Crippen LogP contribution in [0.5, 0.6) is 5.75 Å². The molecule has 2 N–H and O–H groups in total. The molecule has 244 valence electrons. The summed E-state index contributed by atoms with van der Waals surface area (Å²) < 4.78 is 83.5. The number of ether oxygens (including phenoxy) is 1. The van der Waals surface area contributed by atoms with Gasteiger partial charge in [0.1, 0.15) is 23.8 Å². The van der Waals surface area contributed by atoms with E-state index in [4.69, 9.17) is 11.6 Å². The van der Waals surface area contributed by atoms with Gasteiger partial charge in [0.2, 0.25) is 0 Å². The number of tetrazole rings is 1. The van der Waals surface area contributed by atoms with Gasteiger partial charge in [0, 0.05) is 12.7 Å². The van der Waals surface area contributed by atoms with E-state index in [0.29, 0.717) is 10.4 Å². The van der Waals surface area contributed by atoms with E-state index < -0.39 is 42.8 Å². The molecule has 2 amide bonds. The van der Waals surface area contributed by atoms with Gasteiger partial charge in [-0.2, -0.15) is 31.8 Å². The van der Waals surface area contributed by atoms with E-state index in [2.05, 4.69) is 40.9 Å². The fourth-order valence-electron chi connectivity index (χ4n) is 4.26. The van der Waals surface area contributed by atoms with E-state index in [1.165, 1.54) is 55.6 Å². The van der Waals surface area contributed by atoms with E-state index >= 15 is 0 Å². The number of hydrogen-bond donors (Lipinski definition) is 2. The quantitative estimate of drug-likeness (QED) is 0.192. The second-order valence-corrected chi connectivity index (χ2v) is 10.1. The van der Waals surface area contributed by atoms with Gasteiger partial charge in [-0.1, -0.05) is 23.7 Å². The topological polar surface area (TPSA) is 142 Å². The van der Waals surface area contributed by atoms with Crippen molar-refractivity contribution in [2.45, 2.75) is 32.8 Å². The van der Waals surface area contributed by atoms with Crippen molar-refractivity contribution in [3.8, 4) is 11.6 Å². The Hall–Kier alpha value is -5.52. The van der Waals surface area contributed by atoms with Crippen molar-refractivity contribution in [2.24, 2.45) is 0 Å². The lowest BCUT2D eigenvalue weighted by Crippen LogP contribution is -2.26. The lowest BCUT2D eigenvalue weighted by atomic mass is 10.1. The van der Waals surface area contributed by atoms with Crippen LogP contribution in [0.15, 0.2) is 60.8 Å². The molecule has 12 nitrogen and oxygen atoms in total. The molecule has 0 spiro atoms. The minimum Gasteiger partial charge on any atom is -0.435 e. The number of pyridine rings is 1. The molecular weight excluding hydrogens is 660 g/mol. The molecule has 0 radical (unpaired) electrons. The first-order valence-corrected chi connectivity index (χ1v) is 13.6.